The fourth-order valence-electron chi connectivity index (χ4n) is 9.54. The van der Waals surface area contributed by atoms with Crippen molar-refractivity contribution < 1.29 is 21.1 Å². The fourth-order valence-corrected chi connectivity index (χ4v) is 9.54. The molecule has 0 unspecified atom stereocenters. The molecule has 0 amide bonds. The van der Waals surface area contributed by atoms with Crippen LogP contribution in [-0.4, -0.2) is 9.55 Å². The third-order valence-corrected chi connectivity index (χ3v) is 13.8. The van der Waals surface area contributed by atoms with Crippen LogP contribution in [0.2, 0.25) is 0 Å². The van der Waals surface area contributed by atoms with E-state index in [0.29, 0.717) is 0 Å². The predicted octanol–water partition coefficient (Wildman–Crippen LogP) is 16.9. The Morgan fingerprint density at radius 1 is 0.478 bits per heavy atom. The van der Waals surface area contributed by atoms with Crippen LogP contribution in [0.5, 0.6) is 0 Å². The van der Waals surface area contributed by atoms with Crippen LogP contribution in [0, 0.1) is 18.8 Å². The van der Waals surface area contributed by atoms with Crippen LogP contribution < -0.4 is 14.7 Å². The van der Waals surface area contributed by atoms with Gasteiger partial charge < -0.3 is 19.3 Å². The third-order valence-electron chi connectivity index (χ3n) is 13.8. The molecule has 0 spiro atoms. The summed E-state index contributed by atoms with van der Waals surface area (Å²) >= 11 is 0. The molecule has 0 N–H and O–H groups in total. The van der Waals surface area contributed by atoms with Crippen molar-refractivity contribution in [2.45, 2.75) is 97.8 Å². The first-order valence-electron chi connectivity index (χ1n) is 24.0. The number of benzene rings is 7. The molecular weight excluding hydrogens is 1020 g/mol. The predicted molar refractivity (Wildman–Crippen MR) is 287 cm³/mol. The van der Waals surface area contributed by atoms with E-state index in [1.54, 1.807) is 0 Å². The number of hydrogen-bond donors (Lipinski definition) is 0. The Labute approximate surface area is 424 Å². The van der Waals surface area contributed by atoms with Gasteiger partial charge in [0.2, 0.25) is 0 Å². The maximum atomic E-state index is 5.05. The molecule has 352 valence electrons. The molecular formula is C63H62N5Pt-3. The first kappa shape index (κ1) is 47.6. The van der Waals surface area contributed by atoms with Crippen LogP contribution in [0.4, 0.5) is 39.8 Å². The van der Waals surface area contributed by atoms with Crippen molar-refractivity contribution in [3.05, 3.63) is 217 Å². The van der Waals surface area contributed by atoms with E-state index < -0.39 is 0 Å². The zero-order valence-corrected chi connectivity index (χ0v) is 44.1. The van der Waals surface area contributed by atoms with E-state index in [0.717, 1.165) is 62.0 Å². The summed E-state index contributed by atoms with van der Waals surface area (Å²) in [6.45, 7) is 27.4. The number of fused-ring (bicyclic) bond motifs is 4. The first-order chi connectivity index (χ1) is 32.4. The largest absolute Gasteiger partial charge is 0.493 e. The molecule has 2 aromatic heterocycles. The van der Waals surface area contributed by atoms with E-state index in [-0.39, 0.29) is 42.7 Å². The molecule has 1 aliphatic rings. The van der Waals surface area contributed by atoms with Crippen LogP contribution in [0.15, 0.2) is 170 Å². The molecule has 6 heteroatoms. The van der Waals surface area contributed by atoms with E-state index >= 15 is 0 Å². The molecule has 0 bridgehead atoms. The Balaban J connectivity index is 0.00000593. The summed E-state index contributed by atoms with van der Waals surface area (Å²) in [5.41, 5.74) is 15.3. The van der Waals surface area contributed by atoms with Crippen molar-refractivity contribution in [2.24, 2.45) is 0 Å². The van der Waals surface area contributed by atoms with Crippen molar-refractivity contribution in [3.63, 3.8) is 0 Å². The van der Waals surface area contributed by atoms with Gasteiger partial charge in [-0.3, -0.25) is 0 Å². The second-order valence-electron chi connectivity index (χ2n) is 22.0. The smallest absolute Gasteiger partial charge is 0.135 e. The number of hydrogen-bond acceptors (Lipinski definition) is 4. The molecule has 0 aliphatic carbocycles. The second-order valence-corrected chi connectivity index (χ2v) is 22.0. The van der Waals surface area contributed by atoms with Gasteiger partial charge in [-0.15, -0.1) is 48.1 Å². The molecule has 0 radical (unpaired) electrons. The molecule has 0 atom stereocenters. The van der Waals surface area contributed by atoms with E-state index in [4.69, 9.17) is 4.98 Å². The SMILES string of the molecule is CC(C)(C)c1cc(N2[CH-]N(c3[c-]c(N(c4[c-]c5c(cc4)c4cc(C(C)(C)c6ccccc6)ccc4n5-c4cc(C(C)(C)C)ccn4)c4ccccc4)ccc3)c3ccccc32)cc(C(C)(C)C)c1.[Pt]. The first-order valence-corrected chi connectivity index (χ1v) is 24.0. The third kappa shape index (κ3) is 8.92. The van der Waals surface area contributed by atoms with Gasteiger partial charge in [-0.25, -0.2) is 4.98 Å². The van der Waals surface area contributed by atoms with Gasteiger partial charge in [0.25, 0.3) is 0 Å². The Bertz CT molecular complexity index is 3280. The topological polar surface area (TPSA) is 27.5 Å². The van der Waals surface area contributed by atoms with Gasteiger partial charge in [-0.2, -0.15) is 12.1 Å². The zero-order valence-electron chi connectivity index (χ0n) is 41.8. The molecule has 69 heavy (non-hydrogen) atoms. The van der Waals surface area contributed by atoms with Crippen LogP contribution in [0.1, 0.15) is 104 Å². The summed E-state index contributed by atoms with van der Waals surface area (Å²) in [4.78, 5) is 11.9. The molecule has 3 heterocycles. The van der Waals surface area contributed by atoms with Crippen molar-refractivity contribution in [3.8, 4) is 5.82 Å². The average Bonchev–Trinajstić information content (AvgIpc) is 3.87. The van der Waals surface area contributed by atoms with Crippen LogP contribution in [0.3, 0.4) is 0 Å². The average molecular weight is 1080 g/mol. The number of para-hydroxylation sites is 3. The summed E-state index contributed by atoms with van der Waals surface area (Å²) in [6.07, 6.45) is 1.94. The second kappa shape index (κ2) is 17.8. The number of rotatable bonds is 8. The standard InChI is InChI=1S/C63H62N5.Pt/c1-60(2,3)44-33-34-64-59(39-44)68-55-32-29-45(63(10,11)43-21-14-12-15-22-43)38-54(55)53-31-30-51(41-58(53)68)67(48-23-16-13-17-24-48)50-26-20-25-49(40-50)65-42-66(57-28-19-18-27-56(57)65)52-36-46(61(4,5)6)35-47(37-52)62(7,8)9;/h12-39,42H,1-11H3;/q-3;. The van der Waals surface area contributed by atoms with Crippen LogP contribution >= 0.6 is 0 Å². The van der Waals surface area contributed by atoms with Gasteiger partial charge >= 0.3 is 0 Å². The molecule has 0 saturated heterocycles. The van der Waals surface area contributed by atoms with Crippen molar-refractivity contribution >= 4 is 61.6 Å². The van der Waals surface area contributed by atoms with E-state index in [1.165, 1.54) is 33.2 Å². The molecule has 5 nitrogen and oxygen atoms in total. The maximum Gasteiger partial charge on any atom is 0.135 e. The van der Waals surface area contributed by atoms with Crippen molar-refractivity contribution in [1.29, 1.82) is 0 Å². The summed E-state index contributed by atoms with van der Waals surface area (Å²) in [6, 6.07) is 67.3. The minimum Gasteiger partial charge on any atom is -0.493 e. The summed E-state index contributed by atoms with van der Waals surface area (Å²) in [5.74, 6) is 0.871. The zero-order chi connectivity index (χ0) is 47.8. The summed E-state index contributed by atoms with van der Waals surface area (Å²) in [7, 11) is 0. The van der Waals surface area contributed by atoms with Crippen LogP contribution in [-0.2, 0) is 42.7 Å². The van der Waals surface area contributed by atoms with Crippen molar-refractivity contribution in [2.75, 3.05) is 14.7 Å². The Hall–Kier alpha value is -6.42. The minimum atomic E-state index is -0.209. The van der Waals surface area contributed by atoms with E-state index in [2.05, 4.69) is 278 Å². The number of anilines is 7. The molecule has 0 fully saturated rings. The van der Waals surface area contributed by atoms with Gasteiger partial charge in [0.05, 0.1) is 0 Å². The van der Waals surface area contributed by atoms with Gasteiger partial charge in [-0.05, 0) is 104 Å². The fraction of sp³-hybridized carbons (Fsp3) is 0.238. The summed E-state index contributed by atoms with van der Waals surface area (Å²) < 4.78 is 2.30. The van der Waals surface area contributed by atoms with E-state index in [9.17, 15) is 0 Å². The van der Waals surface area contributed by atoms with Gasteiger partial charge in [0.15, 0.2) is 0 Å². The Kier molecular flexibility index (Phi) is 12.3. The van der Waals surface area contributed by atoms with Crippen molar-refractivity contribution in [1.82, 2.24) is 9.55 Å². The van der Waals surface area contributed by atoms with Gasteiger partial charge in [-0.1, -0.05) is 172 Å². The Morgan fingerprint density at radius 3 is 1.74 bits per heavy atom. The molecule has 10 rings (SSSR count). The van der Waals surface area contributed by atoms with Gasteiger partial charge in [0.1, 0.15) is 5.82 Å². The number of nitrogens with zero attached hydrogens (tertiary/aromatic N) is 5. The van der Waals surface area contributed by atoms with E-state index in [1.807, 2.05) is 6.20 Å². The molecule has 7 aromatic carbocycles. The maximum absolute atomic E-state index is 5.05. The number of aromatic nitrogens is 2. The quantitative estimate of drug-likeness (QED) is 0.142. The minimum absolute atomic E-state index is 0. The Morgan fingerprint density at radius 2 is 1.09 bits per heavy atom. The normalized spacial score (nSPS) is 13.2. The molecule has 9 aromatic rings. The molecule has 1 aliphatic heterocycles. The summed E-state index contributed by atoms with van der Waals surface area (Å²) in [5, 5.41) is 2.29. The number of pyridine rings is 1. The molecule has 0 saturated carbocycles. The monoisotopic (exact) mass is 1080 g/mol. The van der Waals surface area contributed by atoms with Crippen LogP contribution in [0.25, 0.3) is 27.6 Å². The van der Waals surface area contributed by atoms with Gasteiger partial charge in [0, 0.05) is 60.9 Å².